The molecule has 0 bridgehead atoms. The number of methoxy groups -OCH3 is 3. The fourth-order valence-corrected chi connectivity index (χ4v) is 6.73. The highest BCUT2D eigenvalue weighted by atomic mass is 35.5. The van der Waals surface area contributed by atoms with Gasteiger partial charge in [0.2, 0.25) is 5.88 Å². The Morgan fingerprint density at radius 3 is 2.27 bits per heavy atom. The molecular formula is C39H41ClN4O7. The maximum atomic E-state index is 13.2. The number of aldehydes is 1. The van der Waals surface area contributed by atoms with Crippen LogP contribution < -0.4 is 14.2 Å². The first-order valence-electron chi connectivity index (χ1n) is 16.6. The summed E-state index contributed by atoms with van der Waals surface area (Å²) in [5, 5.41) is 15.9. The Bertz CT molecular complexity index is 2060. The van der Waals surface area contributed by atoms with E-state index in [1.165, 1.54) is 14.2 Å². The van der Waals surface area contributed by atoms with Crippen molar-refractivity contribution in [3.63, 3.8) is 0 Å². The lowest BCUT2D eigenvalue weighted by atomic mass is 9.82. The van der Waals surface area contributed by atoms with Gasteiger partial charge in [0.05, 0.1) is 67.7 Å². The van der Waals surface area contributed by atoms with E-state index in [9.17, 15) is 14.7 Å². The minimum absolute atomic E-state index is 0.192. The number of aliphatic hydroxyl groups excluding tert-OH is 1. The van der Waals surface area contributed by atoms with Crippen molar-refractivity contribution < 1.29 is 33.6 Å². The minimum atomic E-state index is -0.658. The second-order valence-electron chi connectivity index (χ2n) is 13.6. The number of ether oxygens (including phenoxy) is 4. The molecule has 3 aromatic carbocycles. The van der Waals surface area contributed by atoms with Crippen molar-refractivity contribution in [2.24, 2.45) is 5.92 Å². The number of halogens is 1. The molecule has 12 heteroatoms. The van der Waals surface area contributed by atoms with Gasteiger partial charge >= 0.3 is 6.09 Å². The molecule has 6 rings (SSSR count). The van der Waals surface area contributed by atoms with E-state index in [4.69, 9.17) is 35.5 Å². The molecule has 2 aromatic heterocycles. The van der Waals surface area contributed by atoms with Crippen LogP contribution in [0.25, 0.3) is 39.0 Å². The molecule has 266 valence electrons. The van der Waals surface area contributed by atoms with E-state index in [0.29, 0.717) is 76.1 Å². The number of fused-ring (bicyclic) bond motifs is 1. The number of amides is 1. The smallest absolute Gasteiger partial charge is 0.410 e. The van der Waals surface area contributed by atoms with Crippen LogP contribution in [0.2, 0.25) is 5.02 Å². The summed E-state index contributed by atoms with van der Waals surface area (Å²) in [5.74, 6) is 1.31. The molecule has 0 unspecified atom stereocenters. The standard InChI is InChI=1S/C39H41ClN4O7/c1-39(2,3)51-38(47)43(20-23-15-26(46)16-23)21-24-13-14-32(42-37(24)50-6)29-11-7-10-28(36(29)40)27-9-8-12-33-30(27)19-41-44(33)25-17-34(48-4)31(22-45)35(18-25)49-5/h7-14,17-19,22-23,26,46H,15-16,20-21H2,1-6H3/t23-,26+. The second kappa shape index (κ2) is 14.6. The van der Waals surface area contributed by atoms with Crippen molar-refractivity contribution >= 4 is 34.9 Å². The Labute approximate surface area is 301 Å². The van der Waals surface area contributed by atoms with Crippen LogP contribution in [-0.4, -0.2) is 76.7 Å². The lowest BCUT2D eigenvalue weighted by molar-refractivity contribution is -0.00238. The number of pyridine rings is 1. The Kier molecular flexibility index (Phi) is 10.2. The molecule has 1 saturated carbocycles. The van der Waals surface area contributed by atoms with Crippen molar-refractivity contribution in [3.8, 4) is 45.5 Å². The van der Waals surface area contributed by atoms with Gasteiger partial charge in [-0.2, -0.15) is 5.10 Å². The van der Waals surface area contributed by atoms with Crippen LogP contribution in [0.5, 0.6) is 17.4 Å². The number of carbonyl (C=O) groups excluding carboxylic acids is 2. The molecule has 2 heterocycles. The van der Waals surface area contributed by atoms with Crippen molar-refractivity contribution in [2.45, 2.75) is 51.9 Å². The van der Waals surface area contributed by atoms with Crippen molar-refractivity contribution in [2.75, 3.05) is 27.9 Å². The van der Waals surface area contributed by atoms with E-state index in [2.05, 4.69) is 5.10 Å². The van der Waals surface area contributed by atoms with E-state index >= 15 is 0 Å². The summed E-state index contributed by atoms with van der Waals surface area (Å²) < 4.78 is 24.2. The van der Waals surface area contributed by atoms with Gasteiger partial charge in [0, 0.05) is 40.8 Å². The summed E-state index contributed by atoms with van der Waals surface area (Å²) in [6, 6.07) is 18.9. The van der Waals surface area contributed by atoms with Crippen LogP contribution >= 0.6 is 11.6 Å². The molecule has 51 heavy (non-hydrogen) atoms. The molecule has 0 spiro atoms. The average Bonchev–Trinajstić information content (AvgIpc) is 3.54. The summed E-state index contributed by atoms with van der Waals surface area (Å²) in [5.41, 5.74) is 4.81. The first-order chi connectivity index (χ1) is 24.4. The lowest BCUT2D eigenvalue weighted by Gasteiger charge is -2.36. The average molecular weight is 713 g/mol. The van der Waals surface area contributed by atoms with Crippen LogP contribution in [0.1, 0.15) is 49.5 Å². The SMILES string of the molecule is COc1cc(-n2ncc3c(-c4cccc(-c5ccc(CN(C[C@H]6C[C@@H](O)C6)C(=O)OC(C)(C)C)c(OC)n5)c4Cl)cccc32)cc(OC)c1C=O. The van der Waals surface area contributed by atoms with Gasteiger partial charge in [0.1, 0.15) is 17.1 Å². The van der Waals surface area contributed by atoms with Gasteiger partial charge in [0.15, 0.2) is 6.29 Å². The third-order valence-electron chi connectivity index (χ3n) is 8.90. The zero-order chi connectivity index (χ0) is 36.4. The zero-order valence-corrected chi connectivity index (χ0v) is 30.2. The van der Waals surface area contributed by atoms with E-state index < -0.39 is 11.7 Å². The largest absolute Gasteiger partial charge is 0.496 e. The van der Waals surface area contributed by atoms with Crippen molar-refractivity contribution in [3.05, 3.63) is 83.0 Å². The Hall–Kier alpha value is -5.13. The van der Waals surface area contributed by atoms with Gasteiger partial charge in [-0.15, -0.1) is 0 Å². The molecule has 1 amide bonds. The number of hydrogen-bond donors (Lipinski definition) is 1. The molecule has 1 aliphatic rings. The van der Waals surface area contributed by atoms with E-state index in [1.807, 2.05) is 69.3 Å². The van der Waals surface area contributed by atoms with Gasteiger partial charge < -0.3 is 29.0 Å². The normalized spacial score (nSPS) is 15.6. The summed E-state index contributed by atoms with van der Waals surface area (Å²) in [7, 11) is 4.54. The van der Waals surface area contributed by atoms with E-state index in [0.717, 1.165) is 22.0 Å². The minimum Gasteiger partial charge on any atom is -0.496 e. The number of carbonyl (C=O) groups is 2. The maximum Gasteiger partial charge on any atom is 0.410 e. The summed E-state index contributed by atoms with van der Waals surface area (Å²) in [6.45, 7) is 6.19. The zero-order valence-electron chi connectivity index (χ0n) is 29.5. The number of aliphatic hydroxyl groups is 1. The topological polar surface area (TPSA) is 125 Å². The number of rotatable bonds is 11. The summed E-state index contributed by atoms with van der Waals surface area (Å²) >= 11 is 7.16. The highest BCUT2D eigenvalue weighted by molar-refractivity contribution is 6.36. The Morgan fingerprint density at radius 2 is 1.65 bits per heavy atom. The molecular weight excluding hydrogens is 672 g/mol. The third-order valence-corrected chi connectivity index (χ3v) is 9.31. The lowest BCUT2D eigenvalue weighted by Crippen LogP contribution is -2.43. The monoisotopic (exact) mass is 712 g/mol. The first kappa shape index (κ1) is 35.7. The van der Waals surface area contributed by atoms with Gasteiger partial charge in [0.25, 0.3) is 0 Å². The van der Waals surface area contributed by atoms with Gasteiger partial charge in [-0.05, 0) is 63.3 Å². The van der Waals surface area contributed by atoms with Crippen LogP contribution in [0, 0.1) is 5.92 Å². The van der Waals surface area contributed by atoms with Crippen LogP contribution in [0.4, 0.5) is 4.79 Å². The Balaban J connectivity index is 1.33. The molecule has 5 aromatic rings. The highest BCUT2D eigenvalue weighted by Crippen LogP contribution is 2.40. The predicted molar refractivity (Wildman–Crippen MR) is 195 cm³/mol. The fourth-order valence-electron chi connectivity index (χ4n) is 6.41. The molecule has 0 saturated heterocycles. The summed E-state index contributed by atoms with van der Waals surface area (Å²) in [4.78, 5) is 31.4. The maximum absolute atomic E-state index is 13.2. The second-order valence-corrected chi connectivity index (χ2v) is 13.9. The number of hydrogen-bond acceptors (Lipinski definition) is 9. The summed E-state index contributed by atoms with van der Waals surface area (Å²) in [6.07, 6.45) is 3.01. The van der Waals surface area contributed by atoms with E-state index in [1.54, 1.807) is 35.0 Å². The molecule has 1 aliphatic carbocycles. The van der Waals surface area contributed by atoms with Crippen molar-refractivity contribution in [1.82, 2.24) is 19.7 Å². The molecule has 0 radical (unpaired) electrons. The Morgan fingerprint density at radius 1 is 0.980 bits per heavy atom. The van der Waals surface area contributed by atoms with Crippen LogP contribution in [0.15, 0.2) is 66.9 Å². The molecule has 0 aliphatic heterocycles. The third kappa shape index (κ3) is 7.36. The molecule has 1 N–H and O–H groups in total. The number of benzene rings is 3. The number of nitrogens with zero attached hydrogens (tertiary/aromatic N) is 4. The van der Waals surface area contributed by atoms with Gasteiger partial charge in [-0.25, -0.2) is 14.5 Å². The number of aromatic nitrogens is 3. The van der Waals surface area contributed by atoms with E-state index in [-0.39, 0.29) is 18.6 Å². The quantitative estimate of drug-likeness (QED) is 0.137. The molecule has 1 fully saturated rings. The van der Waals surface area contributed by atoms with Gasteiger partial charge in [-0.3, -0.25) is 4.79 Å². The van der Waals surface area contributed by atoms with Crippen LogP contribution in [0.3, 0.4) is 0 Å². The van der Waals surface area contributed by atoms with Crippen molar-refractivity contribution in [1.29, 1.82) is 0 Å². The predicted octanol–water partition coefficient (Wildman–Crippen LogP) is 7.75. The first-order valence-corrected chi connectivity index (χ1v) is 17.0. The highest BCUT2D eigenvalue weighted by Gasteiger charge is 2.32. The fraction of sp³-hybridized carbons (Fsp3) is 0.333. The van der Waals surface area contributed by atoms with Gasteiger partial charge in [-0.1, -0.05) is 41.9 Å². The molecule has 0 atom stereocenters. The van der Waals surface area contributed by atoms with Crippen LogP contribution in [-0.2, 0) is 11.3 Å². The molecule has 11 nitrogen and oxygen atoms in total.